The summed E-state index contributed by atoms with van der Waals surface area (Å²) in [5.41, 5.74) is -0.0382. The van der Waals surface area contributed by atoms with Crippen LogP contribution in [-0.4, -0.2) is 45.7 Å². The Labute approximate surface area is 157 Å². The second kappa shape index (κ2) is 7.42. The highest BCUT2D eigenvalue weighted by Crippen LogP contribution is 2.34. The zero-order chi connectivity index (χ0) is 18.8. The molecule has 2 atom stereocenters. The molecule has 27 heavy (non-hydrogen) atoms. The fourth-order valence-electron chi connectivity index (χ4n) is 3.70. The predicted molar refractivity (Wildman–Crippen MR) is 98.7 cm³/mol. The van der Waals surface area contributed by atoms with Gasteiger partial charge in [0.1, 0.15) is 6.10 Å². The summed E-state index contributed by atoms with van der Waals surface area (Å²) >= 11 is 0. The first kappa shape index (κ1) is 17.6. The molecule has 7 heteroatoms. The quantitative estimate of drug-likeness (QED) is 0.824. The number of benzene rings is 1. The molecule has 0 spiro atoms. The molecular formula is C20H23N3O4. The lowest BCUT2D eigenvalue weighted by Gasteiger charge is -2.37. The van der Waals surface area contributed by atoms with Crippen LogP contribution in [0.1, 0.15) is 19.8 Å². The standard InChI is InChI=1S/C20H23N3O4/c1-14-19(27-17-5-3-2-4-16(17)26-14)20(25)22-10-7-15(8-11-22)12-23-13-21-9-6-18(23)24/h2-6,9,13-15,19H,7-8,10-12H2,1H3. The number of hydrogen-bond donors (Lipinski definition) is 0. The lowest BCUT2D eigenvalue weighted by Crippen LogP contribution is -2.52. The Kier molecular flexibility index (Phi) is 4.83. The van der Waals surface area contributed by atoms with Crippen molar-refractivity contribution >= 4 is 5.91 Å². The average molecular weight is 369 g/mol. The van der Waals surface area contributed by atoms with E-state index in [1.54, 1.807) is 10.9 Å². The van der Waals surface area contributed by atoms with Crippen LogP contribution in [0.5, 0.6) is 11.5 Å². The molecule has 2 aromatic rings. The number of carbonyl (C=O) groups is 1. The molecule has 1 aromatic carbocycles. The van der Waals surface area contributed by atoms with E-state index in [0.29, 0.717) is 37.1 Å². The third-order valence-corrected chi connectivity index (χ3v) is 5.26. The molecular weight excluding hydrogens is 346 g/mol. The van der Waals surface area contributed by atoms with Gasteiger partial charge in [-0.2, -0.15) is 0 Å². The van der Waals surface area contributed by atoms with Crippen molar-refractivity contribution in [2.75, 3.05) is 13.1 Å². The summed E-state index contributed by atoms with van der Waals surface area (Å²) < 4.78 is 13.4. The highest BCUT2D eigenvalue weighted by Gasteiger charge is 2.37. The highest BCUT2D eigenvalue weighted by atomic mass is 16.6. The number of aromatic nitrogens is 2. The number of fused-ring (bicyclic) bond motifs is 1. The first-order chi connectivity index (χ1) is 13.1. The van der Waals surface area contributed by atoms with Gasteiger partial charge in [0.05, 0.1) is 6.33 Å². The molecule has 3 heterocycles. The third kappa shape index (κ3) is 3.67. The molecule has 2 unspecified atom stereocenters. The summed E-state index contributed by atoms with van der Waals surface area (Å²) in [6.07, 6.45) is 3.83. The van der Waals surface area contributed by atoms with Gasteiger partial charge >= 0.3 is 0 Å². The Hall–Kier alpha value is -2.83. The van der Waals surface area contributed by atoms with E-state index in [1.807, 2.05) is 36.1 Å². The molecule has 7 nitrogen and oxygen atoms in total. The van der Waals surface area contributed by atoms with E-state index in [2.05, 4.69) is 4.98 Å². The maximum Gasteiger partial charge on any atom is 0.267 e. The maximum absolute atomic E-state index is 12.9. The normalized spacial score (nSPS) is 22.5. The van der Waals surface area contributed by atoms with Crippen LogP contribution in [0.15, 0.2) is 47.7 Å². The van der Waals surface area contributed by atoms with Gasteiger partial charge in [-0.05, 0) is 37.8 Å². The van der Waals surface area contributed by atoms with Crippen molar-refractivity contribution in [1.82, 2.24) is 14.5 Å². The molecule has 2 aliphatic heterocycles. The topological polar surface area (TPSA) is 73.7 Å². The van der Waals surface area contributed by atoms with Crippen LogP contribution in [0, 0.1) is 5.92 Å². The number of carbonyl (C=O) groups excluding carboxylic acids is 1. The third-order valence-electron chi connectivity index (χ3n) is 5.26. The molecule has 4 rings (SSSR count). The van der Waals surface area contributed by atoms with Gasteiger partial charge < -0.3 is 14.4 Å². The second-order valence-corrected chi connectivity index (χ2v) is 7.15. The zero-order valence-corrected chi connectivity index (χ0v) is 15.3. The summed E-state index contributed by atoms with van der Waals surface area (Å²) in [6, 6.07) is 8.89. The van der Waals surface area contributed by atoms with Gasteiger partial charge in [-0.1, -0.05) is 12.1 Å². The van der Waals surface area contributed by atoms with E-state index >= 15 is 0 Å². The van der Waals surface area contributed by atoms with Gasteiger partial charge in [-0.3, -0.25) is 14.2 Å². The smallest absolute Gasteiger partial charge is 0.267 e. The molecule has 1 amide bonds. The fraction of sp³-hybridized carbons (Fsp3) is 0.450. The molecule has 2 aliphatic rings. The molecule has 0 bridgehead atoms. The molecule has 0 aliphatic carbocycles. The largest absolute Gasteiger partial charge is 0.482 e. The van der Waals surface area contributed by atoms with Crippen molar-refractivity contribution in [2.45, 2.75) is 38.5 Å². The summed E-state index contributed by atoms with van der Waals surface area (Å²) in [4.78, 5) is 30.6. The number of nitrogens with zero attached hydrogens (tertiary/aromatic N) is 3. The summed E-state index contributed by atoms with van der Waals surface area (Å²) in [5.74, 6) is 1.61. The summed E-state index contributed by atoms with van der Waals surface area (Å²) in [6.45, 7) is 3.82. The highest BCUT2D eigenvalue weighted by molar-refractivity contribution is 5.82. The SMILES string of the molecule is CC1Oc2ccccc2OC1C(=O)N1CCC(Cn2cnccc2=O)CC1. The first-order valence-electron chi connectivity index (χ1n) is 9.33. The maximum atomic E-state index is 12.9. The number of para-hydroxylation sites is 2. The minimum atomic E-state index is -0.627. The number of rotatable bonds is 3. The van der Waals surface area contributed by atoms with Crippen LogP contribution in [-0.2, 0) is 11.3 Å². The molecule has 142 valence electrons. The fourth-order valence-corrected chi connectivity index (χ4v) is 3.70. The van der Waals surface area contributed by atoms with Crippen molar-refractivity contribution in [3.05, 3.63) is 53.2 Å². The summed E-state index contributed by atoms with van der Waals surface area (Å²) in [5, 5.41) is 0. The Morgan fingerprint density at radius 2 is 1.85 bits per heavy atom. The van der Waals surface area contributed by atoms with E-state index in [-0.39, 0.29) is 17.6 Å². The molecule has 1 saturated heterocycles. The number of amides is 1. The van der Waals surface area contributed by atoms with Crippen LogP contribution in [0.25, 0.3) is 0 Å². The van der Waals surface area contributed by atoms with Crippen molar-refractivity contribution in [2.24, 2.45) is 5.92 Å². The molecule has 0 radical (unpaired) electrons. The molecule has 1 aromatic heterocycles. The predicted octanol–water partition coefficient (Wildman–Crippen LogP) is 1.71. The molecule has 0 saturated carbocycles. The van der Waals surface area contributed by atoms with E-state index in [9.17, 15) is 9.59 Å². The number of ether oxygens (including phenoxy) is 2. The van der Waals surface area contributed by atoms with Crippen LogP contribution in [0.4, 0.5) is 0 Å². The van der Waals surface area contributed by atoms with Crippen LogP contribution < -0.4 is 15.0 Å². The van der Waals surface area contributed by atoms with E-state index in [1.165, 1.54) is 12.3 Å². The van der Waals surface area contributed by atoms with Crippen molar-refractivity contribution < 1.29 is 14.3 Å². The van der Waals surface area contributed by atoms with Crippen molar-refractivity contribution in [3.63, 3.8) is 0 Å². The Morgan fingerprint density at radius 1 is 1.15 bits per heavy atom. The van der Waals surface area contributed by atoms with Gasteiger partial charge in [-0.25, -0.2) is 4.98 Å². The Bertz CT molecular complexity index is 873. The average Bonchev–Trinajstić information content (AvgIpc) is 2.69. The Morgan fingerprint density at radius 3 is 2.56 bits per heavy atom. The van der Waals surface area contributed by atoms with Crippen LogP contribution >= 0.6 is 0 Å². The van der Waals surface area contributed by atoms with E-state index in [0.717, 1.165) is 12.8 Å². The Balaban J connectivity index is 1.36. The second-order valence-electron chi connectivity index (χ2n) is 7.15. The van der Waals surface area contributed by atoms with Gasteiger partial charge in [0.15, 0.2) is 11.5 Å². The van der Waals surface area contributed by atoms with Crippen LogP contribution in [0.3, 0.4) is 0 Å². The number of piperidine rings is 1. The van der Waals surface area contributed by atoms with E-state index < -0.39 is 6.10 Å². The first-order valence-corrected chi connectivity index (χ1v) is 9.33. The van der Waals surface area contributed by atoms with Crippen molar-refractivity contribution in [3.8, 4) is 11.5 Å². The molecule has 1 fully saturated rings. The summed E-state index contributed by atoms with van der Waals surface area (Å²) in [7, 11) is 0. The minimum Gasteiger partial charge on any atom is -0.482 e. The molecule has 0 N–H and O–H groups in total. The van der Waals surface area contributed by atoms with Gasteiger partial charge in [0.2, 0.25) is 6.10 Å². The van der Waals surface area contributed by atoms with E-state index in [4.69, 9.17) is 9.47 Å². The van der Waals surface area contributed by atoms with Gasteiger partial charge in [0, 0.05) is 31.9 Å². The van der Waals surface area contributed by atoms with Crippen LogP contribution in [0.2, 0.25) is 0 Å². The monoisotopic (exact) mass is 369 g/mol. The lowest BCUT2D eigenvalue weighted by molar-refractivity contribution is -0.145. The lowest BCUT2D eigenvalue weighted by atomic mass is 9.96. The van der Waals surface area contributed by atoms with Crippen molar-refractivity contribution in [1.29, 1.82) is 0 Å². The van der Waals surface area contributed by atoms with Gasteiger partial charge in [0.25, 0.3) is 11.5 Å². The number of hydrogen-bond acceptors (Lipinski definition) is 5. The zero-order valence-electron chi connectivity index (χ0n) is 15.3. The minimum absolute atomic E-state index is 0.0333. The number of likely N-dealkylation sites (tertiary alicyclic amines) is 1. The van der Waals surface area contributed by atoms with Gasteiger partial charge in [-0.15, -0.1) is 0 Å².